The minimum Gasteiger partial charge on any atom is -0.444 e. The first kappa shape index (κ1) is 14.3. The van der Waals surface area contributed by atoms with E-state index in [2.05, 4.69) is 51.4 Å². The van der Waals surface area contributed by atoms with Crippen LogP contribution in [0.2, 0.25) is 0 Å². The molecule has 0 spiro atoms. The van der Waals surface area contributed by atoms with E-state index in [1.54, 1.807) is 0 Å². The number of aryl methyl sites for hydroxylation is 2. The van der Waals surface area contributed by atoms with Crippen molar-refractivity contribution in [2.45, 2.75) is 39.8 Å². The van der Waals surface area contributed by atoms with Gasteiger partial charge in [0.05, 0.1) is 12.2 Å². The summed E-state index contributed by atoms with van der Waals surface area (Å²) in [6.07, 6.45) is 1.02. The zero-order valence-electron chi connectivity index (χ0n) is 11.5. The molecule has 4 heteroatoms. The summed E-state index contributed by atoms with van der Waals surface area (Å²) in [5.74, 6) is 1.65. The van der Waals surface area contributed by atoms with Gasteiger partial charge >= 0.3 is 0 Å². The van der Waals surface area contributed by atoms with Gasteiger partial charge in [0.15, 0.2) is 0 Å². The second-order valence-electron chi connectivity index (χ2n) is 4.65. The van der Waals surface area contributed by atoms with Crippen LogP contribution >= 0.6 is 15.9 Å². The van der Waals surface area contributed by atoms with Gasteiger partial charge in [-0.25, -0.2) is 4.98 Å². The summed E-state index contributed by atoms with van der Waals surface area (Å²) in [4.78, 5) is 4.39. The van der Waals surface area contributed by atoms with Gasteiger partial charge in [0, 0.05) is 10.5 Å². The summed E-state index contributed by atoms with van der Waals surface area (Å²) < 4.78 is 6.69. The number of hydrogen-bond acceptors (Lipinski definition) is 3. The SMILES string of the molecule is CCC(NCc1nc(C)c(C)o1)c1cccc(Br)c1. The Morgan fingerprint density at radius 2 is 2.16 bits per heavy atom. The highest BCUT2D eigenvalue weighted by atomic mass is 79.9. The third-order valence-electron chi connectivity index (χ3n) is 3.23. The quantitative estimate of drug-likeness (QED) is 0.892. The molecule has 1 aromatic heterocycles. The van der Waals surface area contributed by atoms with Crippen molar-refractivity contribution in [1.29, 1.82) is 0 Å². The van der Waals surface area contributed by atoms with E-state index < -0.39 is 0 Å². The maximum Gasteiger partial charge on any atom is 0.208 e. The van der Waals surface area contributed by atoms with E-state index in [1.165, 1.54) is 5.56 Å². The molecule has 1 heterocycles. The van der Waals surface area contributed by atoms with Crippen molar-refractivity contribution in [2.75, 3.05) is 0 Å². The number of hydrogen-bond donors (Lipinski definition) is 1. The topological polar surface area (TPSA) is 38.1 Å². The predicted octanol–water partition coefficient (Wildman–Crippen LogP) is 4.29. The fourth-order valence-electron chi connectivity index (χ4n) is 2.05. The van der Waals surface area contributed by atoms with Crippen LogP contribution in [0.4, 0.5) is 0 Å². The van der Waals surface area contributed by atoms with Crippen LogP contribution in [0.15, 0.2) is 33.2 Å². The molecule has 0 saturated carbocycles. The lowest BCUT2D eigenvalue weighted by molar-refractivity contribution is 0.419. The molecule has 0 saturated heterocycles. The number of aromatic nitrogens is 1. The summed E-state index contributed by atoms with van der Waals surface area (Å²) in [7, 11) is 0. The number of rotatable bonds is 5. The lowest BCUT2D eigenvalue weighted by atomic mass is 10.0. The minimum atomic E-state index is 0.310. The van der Waals surface area contributed by atoms with E-state index in [0.29, 0.717) is 12.6 Å². The number of oxazole rings is 1. The molecule has 0 fully saturated rings. The predicted molar refractivity (Wildman–Crippen MR) is 80.0 cm³/mol. The molecule has 0 aliphatic carbocycles. The average molecular weight is 323 g/mol. The molecular weight excluding hydrogens is 304 g/mol. The lowest BCUT2D eigenvalue weighted by Crippen LogP contribution is -2.20. The first-order chi connectivity index (χ1) is 9.10. The van der Waals surface area contributed by atoms with Gasteiger partial charge in [-0.1, -0.05) is 35.0 Å². The van der Waals surface area contributed by atoms with E-state index in [0.717, 1.165) is 28.2 Å². The number of halogens is 1. The molecule has 1 atom stereocenters. The first-order valence-electron chi connectivity index (χ1n) is 6.52. The summed E-state index contributed by atoms with van der Waals surface area (Å²) >= 11 is 3.51. The van der Waals surface area contributed by atoms with Gasteiger partial charge in [-0.2, -0.15) is 0 Å². The molecule has 2 aromatic rings. The summed E-state index contributed by atoms with van der Waals surface area (Å²) in [5.41, 5.74) is 2.24. The molecule has 2 rings (SSSR count). The van der Waals surface area contributed by atoms with E-state index in [1.807, 2.05) is 19.9 Å². The van der Waals surface area contributed by atoms with Crippen LogP contribution in [0.3, 0.4) is 0 Å². The smallest absolute Gasteiger partial charge is 0.208 e. The molecule has 0 bridgehead atoms. The fraction of sp³-hybridized carbons (Fsp3) is 0.400. The largest absolute Gasteiger partial charge is 0.444 e. The molecule has 1 unspecified atom stereocenters. The van der Waals surface area contributed by atoms with Gasteiger partial charge in [0.25, 0.3) is 0 Å². The lowest BCUT2D eigenvalue weighted by Gasteiger charge is -2.16. The Morgan fingerprint density at radius 1 is 1.37 bits per heavy atom. The molecule has 3 nitrogen and oxygen atoms in total. The van der Waals surface area contributed by atoms with Gasteiger partial charge in [-0.15, -0.1) is 0 Å². The van der Waals surface area contributed by atoms with Crippen LogP contribution in [0.1, 0.15) is 42.3 Å². The normalized spacial score (nSPS) is 12.6. The molecular formula is C15H19BrN2O. The van der Waals surface area contributed by atoms with Crippen molar-refractivity contribution in [3.63, 3.8) is 0 Å². The summed E-state index contributed by atoms with van der Waals surface area (Å²) in [6.45, 7) is 6.73. The Kier molecular flexibility index (Phi) is 4.77. The van der Waals surface area contributed by atoms with Gasteiger partial charge in [-0.3, -0.25) is 0 Å². The van der Waals surface area contributed by atoms with Crippen LogP contribution < -0.4 is 5.32 Å². The van der Waals surface area contributed by atoms with Crippen LogP contribution in [0.5, 0.6) is 0 Å². The molecule has 0 radical (unpaired) electrons. The van der Waals surface area contributed by atoms with Crippen LogP contribution in [-0.4, -0.2) is 4.98 Å². The zero-order chi connectivity index (χ0) is 13.8. The van der Waals surface area contributed by atoms with Gasteiger partial charge < -0.3 is 9.73 Å². The van der Waals surface area contributed by atoms with Crippen molar-refractivity contribution in [3.8, 4) is 0 Å². The third kappa shape index (κ3) is 3.67. The highest BCUT2D eigenvalue weighted by molar-refractivity contribution is 9.10. The van der Waals surface area contributed by atoms with Crippen molar-refractivity contribution in [1.82, 2.24) is 10.3 Å². The zero-order valence-corrected chi connectivity index (χ0v) is 13.1. The first-order valence-corrected chi connectivity index (χ1v) is 7.31. The maximum atomic E-state index is 5.59. The van der Waals surface area contributed by atoms with E-state index >= 15 is 0 Å². The van der Waals surface area contributed by atoms with Crippen molar-refractivity contribution >= 4 is 15.9 Å². The molecule has 0 aliphatic heterocycles. The summed E-state index contributed by atoms with van der Waals surface area (Å²) in [5, 5.41) is 3.49. The standard InChI is InChI=1S/C15H19BrN2O/c1-4-14(12-6-5-7-13(16)8-12)17-9-15-18-10(2)11(3)19-15/h5-8,14,17H,4,9H2,1-3H3. The Balaban J connectivity index is 2.03. The number of benzene rings is 1. The van der Waals surface area contributed by atoms with Crippen LogP contribution in [0, 0.1) is 13.8 Å². The van der Waals surface area contributed by atoms with Gasteiger partial charge in [-0.05, 0) is 38.0 Å². The fourth-order valence-corrected chi connectivity index (χ4v) is 2.46. The Morgan fingerprint density at radius 3 is 2.74 bits per heavy atom. The Labute approximate surface area is 122 Å². The second-order valence-corrected chi connectivity index (χ2v) is 5.56. The summed E-state index contributed by atoms with van der Waals surface area (Å²) in [6, 6.07) is 8.69. The molecule has 1 aromatic carbocycles. The van der Waals surface area contributed by atoms with Crippen molar-refractivity contribution in [2.24, 2.45) is 0 Å². The second kappa shape index (κ2) is 6.35. The number of nitrogens with zero attached hydrogens (tertiary/aromatic N) is 1. The van der Waals surface area contributed by atoms with E-state index in [9.17, 15) is 0 Å². The highest BCUT2D eigenvalue weighted by Gasteiger charge is 2.11. The number of nitrogens with one attached hydrogen (secondary N) is 1. The monoisotopic (exact) mass is 322 g/mol. The molecule has 102 valence electrons. The molecule has 0 amide bonds. The minimum absolute atomic E-state index is 0.310. The van der Waals surface area contributed by atoms with Gasteiger partial charge in [0.2, 0.25) is 5.89 Å². The Bertz CT molecular complexity index is 531. The van der Waals surface area contributed by atoms with Gasteiger partial charge in [0.1, 0.15) is 5.76 Å². The van der Waals surface area contributed by atoms with Crippen molar-refractivity contribution in [3.05, 3.63) is 51.6 Å². The van der Waals surface area contributed by atoms with Crippen LogP contribution in [-0.2, 0) is 6.54 Å². The van der Waals surface area contributed by atoms with E-state index in [4.69, 9.17) is 4.42 Å². The van der Waals surface area contributed by atoms with Crippen molar-refractivity contribution < 1.29 is 4.42 Å². The molecule has 19 heavy (non-hydrogen) atoms. The van der Waals surface area contributed by atoms with Crippen LogP contribution in [0.25, 0.3) is 0 Å². The third-order valence-corrected chi connectivity index (χ3v) is 3.73. The molecule has 0 aliphatic rings. The maximum absolute atomic E-state index is 5.59. The average Bonchev–Trinajstić information content (AvgIpc) is 2.70. The molecule has 1 N–H and O–H groups in total. The highest BCUT2D eigenvalue weighted by Crippen LogP contribution is 2.21. The van der Waals surface area contributed by atoms with E-state index in [-0.39, 0.29) is 0 Å². The Hall–Kier alpha value is -1.13.